The van der Waals surface area contributed by atoms with Gasteiger partial charge in [0.05, 0.1) is 10.6 Å². The van der Waals surface area contributed by atoms with Gasteiger partial charge in [-0.1, -0.05) is 39.7 Å². The molecule has 0 atom stereocenters. The van der Waals surface area contributed by atoms with Crippen molar-refractivity contribution in [2.24, 2.45) is 0 Å². The molecular weight excluding hydrogens is 361 g/mol. The van der Waals surface area contributed by atoms with Gasteiger partial charge in [-0.25, -0.2) is 9.18 Å². The lowest BCUT2D eigenvalue weighted by Gasteiger charge is -2.10. The van der Waals surface area contributed by atoms with Crippen molar-refractivity contribution in [1.29, 1.82) is 0 Å². The van der Waals surface area contributed by atoms with Crippen LogP contribution in [-0.2, 0) is 11.3 Å². The Morgan fingerprint density at radius 3 is 2.86 bits per heavy atom. The average Bonchev–Trinajstić information content (AvgIpc) is 2.44. The van der Waals surface area contributed by atoms with Crippen LogP contribution in [0.3, 0.4) is 0 Å². The second-order valence-electron chi connectivity index (χ2n) is 4.46. The molecule has 2 aromatic rings. The van der Waals surface area contributed by atoms with Gasteiger partial charge in [-0.3, -0.25) is 0 Å². The fourth-order valence-electron chi connectivity index (χ4n) is 1.79. The molecule has 0 aliphatic carbocycles. The Hall–Kier alpha value is -1.59. The van der Waals surface area contributed by atoms with E-state index in [-0.39, 0.29) is 17.2 Å². The minimum absolute atomic E-state index is 0.00794. The van der Waals surface area contributed by atoms with Crippen molar-refractivity contribution in [3.8, 4) is 0 Å². The van der Waals surface area contributed by atoms with Gasteiger partial charge in [0, 0.05) is 15.7 Å². The van der Waals surface area contributed by atoms with E-state index in [9.17, 15) is 9.18 Å². The van der Waals surface area contributed by atoms with E-state index in [2.05, 4.69) is 15.9 Å². The first-order valence-corrected chi connectivity index (χ1v) is 7.23. The first-order chi connectivity index (χ1) is 9.90. The summed E-state index contributed by atoms with van der Waals surface area (Å²) in [6, 6.07) is 7.85. The van der Waals surface area contributed by atoms with Crippen molar-refractivity contribution in [3.63, 3.8) is 0 Å². The van der Waals surface area contributed by atoms with Crippen LogP contribution in [0.25, 0.3) is 0 Å². The monoisotopic (exact) mass is 371 g/mol. The van der Waals surface area contributed by atoms with Crippen molar-refractivity contribution >= 4 is 39.2 Å². The maximum atomic E-state index is 13.7. The molecule has 0 fully saturated rings. The number of esters is 1. The summed E-state index contributed by atoms with van der Waals surface area (Å²) in [7, 11) is 0. The second kappa shape index (κ2) is 6.45. The van der Waals surface area contributed by atoms with Gasteiger partial charge in [0.25, 0.3) is 0 Å². The van der Waals surface area contributed by atoms with Gasteiger partial charge in [-0.05, 0) is 30.7 Å². The molecule has 0 aliphatic heterocycles. The fourth-order valence-corrected chi connectivity index (χ4v) is 2.46. The van der Waals surface area contributed by atoms with Crippen molar-refractivity contribution in [2.75, 3.05) is 5.73 Å². The highest BCUT2D eigenvalue weighted by molar-refractivity contribution is 9.10. The third-order valence-corrected chi connectivity index (χ3v) is 3.77. The first kappa shape index (κ1) is 15.8. The van der Waals surface area contributed by atoms with E-state index in [1.165, 1.54) is 12.1 Å². The van der Waals surface area contributed by atoms with Crippen LogP contribution in [-0.4, -0.2) is 5.97 Å². The Morgan fingerprint density at radius 2 is 2.14 bits per heavy atom. The van der Waals surface area contributed by atoms with E-state index in [4.69, 9.17) is 22.1 Å². The predicted molar refractivity (Wildman–Crippen MR) is 83.8 cm³/mol. The maximum absolute atomic E-state index is 13.7. The van der Waals surface area contributed by atoms with E-state index < -0.39 is 11.8 Å². The van der Waals surface area contributed by atoms with Gasteiger partial charge >= 0.3 is 5.97 Å². The summed E-state index contributed by atoms with van der Waals surface area (Å²) in [6.45, 7) is 1.52. The molecule has 0 amide bonds. The van der Waals surface area contributed by atoms with Gasteiger partial charge in [0.1, 0.15) is 12.4 Å². The molecule has 0 saturated heterocycles. The number of nitrogen functional groups attached to an aromatic ring is 1. The van der Waals surface area contributed by atoms with Crippen LogP contribution in [0, 0.1) is 12.7 Å². The number of halogens is 3. The van der Waals surface area contributed by atoms with E-state index in [1.54, 1.807) is 25.1 Å². The lowest BCUT2D eigenvalue weighted by molar-refractivity contribution is 0.0468. The highest BCUT2D eigenvalue weighted by Crippen LogP contribution is 2.24. The Labute approximate surface area is 135 Å². The Kier molecular flexibility index (Phi) is 4.85. The summed E-state index contributed by atoms with van der Waals surface area (Å²) in [5, 5.41) is -0.00794. The molecule has 0 bridgehead atoms. The fraction of sp³-hybridized carbons (Fsp3) is 0.133. The van der Waals surface area contributed by atoms with Gasteiger partial charge in [0.2, 0.25) is 0 Å². The summed E-state index contributed by atoms with van der Waals surface area (Å²) in [6.07, 6.45) is 0. The second-order valence-corrected chi connectivity index (χ2v) is 5.78. The van der Waals surface area contributed by atoms with Crippen LogP contribution < -0.4 is 5.73 Å². The number of nitrogens with two attached hydrogens (primary N) is 1. The highest BCUT2D eigenvalue weighted by Gasteiger charge is 2.15. The molecule has 3 nitrogen and oxygen atoms in total. The van der Waals surface area contributed by atoms with Crippen LogP contribution in [0.15, 0.2) is 34.8 Å². The summed E-state index contributed by atoms with van der Waals surface area (Å²) in [5.41, 5.74) is 7.45. The largest absolute Gasteiger partial charge is 0.457 e. The first-order valence-electron chi connectivity index (χ1n) is 6.05. The Balaban J connectivity index is 2.18. The number of rotatable bonds is 3. The van der Waals surface area contributed by atoms with Crippen LogP contribution >= 0.6 is 27.5 Å². The van der Waals surface area contributed by atoms with Crippen LogP contribution in [0.2, 0.25) is 5.02 Å². The number of anilines is 1. The normalized spacial score (nSPS) is 10.5. The summed E-state index contributed by atoms with van der Waals surface area (Å²) in [4.78, 5) is 12.1. The van der Waals surface area contributed by atoms with E-state index in [1.807, 2.05) is 0 Å². The molecular formula is C15H12BrClFNO2. The van der Waals surface area contributed by atoms with E-state index in [0.717, 1.165) is 0 Å². The van der Waals surface area contributed by atoms with Gasteiger partial charge in [-0.15, -0.1) is 0 Å². The number of hydrogen-bond acceptors (Lipinski definition) is 3. The number of ether oxygens (including phenoxy) is 1. The maximum Gasteiger partial charge on any atom is 0.338 e. The lowest BCUT2D eigenvalue weighted by atomic mass is 10.1. The molecule has 0 aliphatic rings. The molecule has 0 heterocycles. The Morgan fingerprint density at radius 1 is 1.43 bits per heavy atom. The van der Waals surface area contributed by atoms with Crippen molar-refractivity contribution in [3.05, 3.63) is 62.3 Å². The standard InChI is InChI=1S/C15H12BrClFNO2/c1-8-11(5-10(16)6-13(8)19)15(20)21-7-9-3-2-4-12(17)14(9)18/h2-6H,7,19H2,1H3. The van der Waals surface area contributed by atoms with Gasteiger partial charge in [0.15, 0.2) is 0 Å². The predicted octanol–water partition coefficient (Wildman–Crippen LogP) is 4.49. The lowest BCUT2D eigenvalue weighted by Crippen LogP contribution is -2.09. The molecule has 2 N–H and O–H groups in total. The summed E-state index contributed by atoms with van der Waals surface area (Å²) < 4.78 is 19.5. The smallest absolute Gasteiger partial charge is 0.338 e. The molecule has 2 rings (SSSR count). The van der Waals surface area contributed by atoms with E-state index >= 15 is 0 Å². The van der Waals surface area contributed by atoms with Crippen LogP contribution in [0.5, 0.6) is 0 Å². The summed E-state index contributed by atoms with van der Waals surface area (Å²) in [5.74, 6) is -1.16. The topological polar surface area (TPSA) is 52.3 Å². The zero-order valence-electron chi connectivity index (χ0n) is 11.1. The van der Waals surface area contributed by atoms with Gasteiger partial charge < -0.3 is 10.5 Å². The van der Waals surface area contributed by atoms with Gasteiger partial charge in [-0.2, -0.15) is 0 Å². The molecule has 0 unspecified atom stereocenters. The third kappa shape index (κ3) is 3.54. The molecule has 110 valence electrons. The Bertz CT molecular complexity index is 706. The zero-order chi connectivity index (χ0) is 15.6. The molecule has 0 aromatic heterocycles. The van der Waals surface area contributed by atoms with Crippen molar-refractivity contribution in [2.45, 2.75) is 13.5 Å². The SMILES string of the molecule is Cc1c(N)cc(Br)cc1C(=O)OCc1cccc(Cl)c1F. The van der Waals surface area contributed by atoms with Crippen molar-refractivity contribution < 1.29 is 13.9 Å². The van der Waals surface area contributed by atoms with Crippen molar-refractivity contribution in [1.82, 2.24) is 0 Å². The minimum atomic E-state index is -0.586. The zero-order valence-corrected chi connectivity index (χ0v) is 13.5. The molecule has 2 aromatic carbocycles. The molecule has 21 heavy (non-hydrogen) atoms. The highest BCUT2D eigenvalue weighted by atomic mass is 79.9. The number of hydrogen-bond donors (Lipinski definition) is 1. The molecule has 6 heteroatoms. The van der Waals surface area contributed by atoms with Crippen LogP contribution in [0.4, 0.5) is 10.1 Å². The third-order valence-electron chi connectivity index (χ3n) is 3.02. The quantitative estimate of drug-likeness (QED) is 0.638. The van der Waals surface area contributed by atoms with E-state index in [0.29, 0.717) is 21.3 Å². The molecule has 0 radical (unpaired) electrons. The molecule has 0 saturated carbocycles. The molecule has 0 spiro atoms. The summed E-state index contributed by atoms with van der Waals surface area (Å²) >= 11 is 8.94. The number of carbonyl (C=O) groups is 1. The van der Waals surface area contributed by atoms with Crippen LogP contribution in [0.1, 0.15) is 21.5 Å². The average molecular weight is 373 g/mol. The number of carbonyl (C=O) groups excluding carboxylic acids is 1. The minimum Gasteiger partial charge on any atom is -0.457 e. The number of benzene rings is 2.